The molecular weight excluding hydrogens is 381 g/mol. The van der Waals surface area contributed by atoms with E-state index in [9.17, 15) is 14.0 Å². The number of benzene rings is 2. The summed E-state index contributed by atoms with van der Waals surface area (Å²) in [5, 5.41) is 13.9. The predicted molar refractivity (Wildman–Crippen MR) is 106 cm³/mol. The fourth-order valence-electron chi connectivity index (χ4n) is 2.41. The number of amides is 2. The summed E-state index contributed by atoms with van der Waals surface area (Å²) in [6.45, 7) is 2.67. The maximum Gasteiger partial charge on any atom is 0.257 e. The minimum Gasteiger partial charge on any atom is -0.325 e. The number of aryl methyl sites for hydroxylation is 1. The number of carbonyl (C=O) groups excluding carboxylic acids is 2. The quantitative estimate of drug-likeness (QED) is 0.594. The number of aromatic nitrogens is 3. The molecule has 2 aromatic carbocycles. The first-order chi connectivity index (χ1) is 13.6. The van der Waals surface area contributed by atoms with E-state index < -0.39 is 5.91 Å². The molecule has 0 aliphatic rings. The molecule has 0 saturated carbocycles. The first kappa shape index (κ1) is 19.6. The van der Waals surface area contributed by atoms with Crippen LogP contribution < -0.4 is 10.6 Å². The Labute approximate surface area is 165 Å². The van der Waals surface area contributed by atoms with Crippen LogP contribution in [0.25, 0.3) is 0 Å². The largest absolute Gasteiger partial charge is 0.325 e. The average Bonchev–Trinajstić information content (AvgIpc) is 3.16. The lowest BCUT2D eigenvalue weighted by molar-refractivity contribution is -0.113. The Hall–Kier alpha value is -3.20. The summed E-state index contributed by atoms with van der Waals surface area (Å²) in [5.74, 6) is -0.923. The van der Waals surface area contributed by atoms with Crippen molar-refractivity contribution in [2.24, 2.45) is 0 Å². The maximum absolute atomic E-state index is 13.0. The van der Waals surface area contributed by atoms with Gasteiger partial charge in [0.15, 0.2) is 5.16 Å². The van der Waals surface area contributed by atoms with Gasteiger partial charge in [-0.2, -0.15) is 0 Å². The lowest BCUT2D eigenvalue weighted by Crippen LogP contribution is -2.19. The predicted octanol–water partition coefficient (Wildman–Crippen LogP) is 3.42. The Balaban J connectivity index is 1.65. The van der Waals surface area contributed by atoms with Crippen LogP contribution in [0.5, 0.6) is 0 Å². The third kappa shape index (κ3) is 4.95. The number of nitrogens with one attached hydrogen (secondary N) is 2. The molecule has 0 aliphatic heterocycles. The highest BCUT2D eigenvalue weighted by molar-refractivity contribution is 7.99. The molecule has 2 N–H and O–H groups in total. The zero-order valence-corrected chi connectivity index (χ0v) is 15.9. The van der Waals surface area contributed by atoms with E-state index in [2.05, 4.69) is 20.8 Å². The fourth-order valence-corrected chi connectivity index (χ4v) is 3.19. The normalized spacial score (nSPS) is 10.5. The molecule has 28 heavy (non-hydrogen) atoms. The molecule has 1 heterocycles. The van der Waals surface area contributed by atoms with Gasteiger partial charge in [-0.1, -0.05) is 23.9 Å². The molecule has 0 fully saturated rings. The number of thioether (sulfide) groups is 1. The molecule has 1 aromatic heterocycles. The molecule has 9 heteroatoms. The van der Waals surface area contributed by atoms with Gasteiger partial charge in [0.05, 0.1) is 17.0 Å². The first-order valence-electron chi connectivity index (χ1n) is 8.53. The van der Waals surface area contributed by atoms with Crippen molar-refractivity contribution in [2.45, 2.75) is 18.6 Å². The molecule has 144 valence electrons. The van der Waals surface area contributed by atoms with Crippen molar-refractivity contribution in [3.8, 4) is 0 Å². The molecule has 2 amide bonds. The zero-order valence-electron chi connectivity index (χ0n) is 15.1. The zero-order chi connectivity index (χ0) is 19.9. The van der Waals surface area contributed by atoms with Crippen LogP contribution in [0.4, 0.5) is 15.8 Å². The number of nitrogens with zero attached hydrogens (tertiary/aromatic N) is 3. The number of rotatable bonds is 7. The van der Waals surface area contributed by atoms with Gasteiger partial charge in [0.2, 0.25) is 5.91 Å². The van der Waals surface area contributed by atoms with Crippen molar-refractivity contribution in [2.75, 3.05) is 16.4 Å². The first-order valence-corrected chi connectivity index (χ1v) is 9.51. The van der Waals surface area contributed by atoms with Crippen LogP contribution >= 0.6 is 11.8 Å². The highest BCUT2D eigenvalue weighted by Crippen LogP contribution is 2.19. The number of halogens is 1. The lowest BCUT2D eigenvalue weighted by atomic mass is 10.1. The monoisotopic (exact) mass is 399 g/mol. The van der Waals surface area contributed by atoms with E-state index in [0.717, 1.165) is 0 Å². The highest BCUT2D eigenvalue weighted by atomic mass is 32.2. The summed E-state index contributed by atoms with van der Waals surface area (Å²) >= 11 is 1.27. The minimum absolute atomic E-state index is 0.132. The van der Waals surface area contributed by atoms with E-state index in [1.54, 1.807) is 30.6 Å². The third-order valence-corrected chi connectivity index (χ3v) is 4.78. The second kappa shape index (κ2) is 9.14. The minimum atomic E-state index is -0.402. The lowest BCUT2D eigenvalue weighted by Gasteiger charge is -2.11. The van der Waals surface area contributed by atoms with Gasteiger partial charge in [-0.15, -0.1) is 10.2 Å². The van der Waals surface area contributed by atoms with Crippen molar-refractivity contribution in [3.63, 3.8) is 0 Å². The summed E-state index contributed by atoms with van der Waals surface area (Å²) in [6, 6.07) is 12.1. The Kier molecular flexibility index (Phi) is 6.38. The van der Waals surface area contributed by atoms with E-state index in [4.69, 9.17) is 0 Å². The van der Waals surface area contributed by atoms with Gasteiger partial charge < -0.3 is 15.2 Å². The standard InChI is InChI=1S/C19H18FN5O2S/c1-2-25-12-21-24-19(25)28-11-17(26)23-16-6-4-3-5-15(16)18(27)22-14-9-7-13(20)8-10-14/h3-10,12H,2,11H2,1H3,(H,22,27)(H,23,26). The molecule has 0 bridgehead atoms. The summed E-state index contributed by atoms with van der Waals surface area (Å²) in [5.41, 5.74) is 1.16. The number of hydrogen-bond donors (Lipinski definition) is 2. The maximum atomic E-state index is 13.0. The molecule has 0 unspecified atom stereocenters. The topological polar surface area (TPSA) is 88.9 Å². The second-order valence-corrected chi connectivity index (χ2v) is 6.69. The SMILES string of the molecule is CCn1cnnc1SCC(=O)Nc1ccccc1C(=O)Nc1ccc(F)cc1. The van der Waals surface area contributed by atoms with Crippen molar-refractivity contribution in [3.05, 3.63) is 66.2 Å². The van der Waals surface area contributed by atoms with Crippen LogP contribution in [0, 0.1) is 5.82 Å². The van der Waals surface area contributed by atoms with Gasteiger partial charge in [0, 0.05) is 12.2 Å². The van der Waals surface area contributed by atoms with Gasteiger partial charge in [-0.3, -0.25) is 9.59 Å². The summed E-state index contributed by atoms with van der Waals surface area (Å²) < 4.78 is 14.8. The van der Waals surface area contributed by atoms with Gasteiger partial charge >= 0.3 is 0 Å². The van der Waals surface area contributed by atoms with E-state index >= 15 is 0 Å². The number of hydrogen-bond acceptors (Lipinski definition) is 5. The molecule has 3 rings (SSSR count). The molecular formula is C19H18FN5O2S. The van der Waals surface area contributed by atoms with Crippen LogP contribution in [-0.2, 0) is 11.3 Å². The highest BCUT2D eigenvalue weighted by Gasteiger charge is 2.14. The number of para-hydroxylation sites is 1. The number of anilines is 2. The van der Waals surface area contributed by atoms with Gasteiger partial charge in [0.25, 0.3) is 5.91 Å². The van der Waals surface area contributed by atoms with Crippen LogP contribution in [0.2, 0.25) is 0 Å². The van der Waals surface area contributed by atoms with E-state index in [0.29, 0.717) is 28.6 Å². The summed E-state index contributed by atoms with van der Waals surface area (Å²) in [6.07, 6.45) is 1.61. The van der Waals surface area contributed by atoms with Gasteiger partial charge in [-0.05, 0) is 43.3 Å². The van der Waals surface area contributed by atoms with Gasteiger partial charge in [0.1, 0.15) is 12.1 Å². The van der Waals surface area contributed by atoms with Gasteiger partial charge in [-0.25, -0.2) is 4.39 Å². The molecule has 7 nitrogen and oxygen atoms in total. The average molecular weight is 399 g/mol. The number of carbonyl (C=O) groups is 2. The van der Waals surface area contributed by atoms with Crippen molar-refractivity contribution < 1.29 is 14.0 Å². The van der Waals surface area contributed by atoms with Crippen LogP contribution in [0.1, 0.15) is 17.3 Å². The molecule has 0 aliphatic carbocycles. The van der Waals surface area contributed by atoms with E-state index in [1.165, 1.54) is 36.0 Å². The second-order valence-electron chi connectivity index (χ2n) is 5.74. The Morgan fingerprint density at radius 3 is 2.61 bits per heavy atom. The molecule has 0 radical (unpaired) electrons. The van der Waals surface area contributed by atoms with Crippen molar-refractivity contribution >= 4 is 35.0 Å². The van der Waals surface area contributed by atoms with E-state index in [1.807, 2.05) is 11.5 Å². The summed E-state index contributed by atoms with van der Waals surface area (Å²) in [7, 11) is 0. The van der Waals surface area contributed by atoms with Crippen molar-refractivity contribution in [1.29, 1.82) is 0 Å². The molecule has 3 aromatic rings. The van der Waals surface area contributed by atoms with Crippen LogP contribution in [-0.4, -0.2) is 32.3 Å². The summed E-state index contributed by atoms with van der Waals surface area (Å²) in [4.78, 5) is 24.9. The fraction of sp³-hybridized carbons (Fsp3) is 0.158. The smallest absolute Gasteiger partial charge is 0.257 e. The van der Waals surface area contributed by atoms with Crippen molar-refractivity contribution in [1.82, 2.24) is 14.8 Å². The van der Waals surface area contributed by atoms with Crippen LogP contribution in [0.15, 0.2) is 60.0 Å². The van der Waals surface area contributed by atoms with E-state index in [-0.39, 0.29) is 17.5 Å². The molecule has 0 spiro atoms. The molecule has 0 atom stereocenters. The Morgan fingerprint density at radius 2 is 1.86 bits per heavy atom. The molecule has 0 saturated heterocycles. The Bertz CT molecular complexity index is 974. The van der Waals surface area contributed by atoms with Crippen LogP contribution in [0.3, 0.4) is 0 Å². The third-order valence-electron chi connectivity index (χ3n) is 3.80. The Morgan fingerprint density at radius 1 is 1.11 bits per heavy atom.